The van der Waals surface area contributed by atoms with Crippen LogP contribution in [0.1, 0.15) is 17.4 Å². The Morgan fingerprint density at radius 3 is 3.13 bits per heavy atom. The van der Waals surface area contributed by atoms with E-state index in [1.807, 2.05) is 22.6 Å². The van der Waals surface area contributed by atoms with Gasteiger partial charge in [0.05, 0.1) is 6.61 Å². The Morgan fingerprint density at radius 2 is 2.47 bits per heavy atom. The smallest absolute Gasteiger partial charge is 0.359 e. The number of hydrogen-bond acceptors (Lipinski definition) is 4. The van der Waals surface area contributed by atoms with Crippen molar-refractivity contribution < 1.29 is 9.53 Å². The second-order valence-corrected chi connectivity index (χ2v) is 3.80. The highest BCUT2D eigenvalue weighted by atomic mass is 127. The minimum atomic E-state index is -0.398. The van der Waals surface area contributed by atoms with Gasteiger partial charge in [-0.05, 0) is 35.6 Å². The Hall–Kier alpha value is -1.18. The summed E-state index contributed by atoms with van der Waals surface area (Å²) in [5.74, 6) is -0.398. The molecule has 0 radical (unpaired) electrons. The van der Waals surface area contributed by atoms with Gasteiger partial charge in [-0.3, -0.25) is 4.40 Å². The van der Waals surface area contributed by atoms with E-state index in [0.29, 0.717) is 21.6 Å². The molecule has 78 valence electrons. The molecule has 2 heterocycles. The third-order valence-corrected chi connectivity index (χ3v) is 2.87. The highest BCUT2D eigenvalue weighted by molar-refractivity contribution is 14.1. The van der Waals surface area contributed by atoms with E-state index in [2.05, 4.69) is 9.97 Å². The fraction of sp³-hybridized carbons (Fsp3) is 0.222. The summed E-state index contributed by atoms with van der Waals surface area (Å²) in [4.78, 5) is 19.6. The van der Waals surface area contributed by atoms with Crippen molar-refractivity contribution >= 4 is 34.2 Å². The molecule has 0 N–H and O–H groups in total. The molecule has 6 heteroatoms. The van der Waals surface area contributed by atoms with Crippen molar-refractivity contribution in [2.75, 3.05) is 6.61 Å². The van der Waals surface area contributed by atoms with Crippen LogP contribution in [-0.2, 0) is 4.74 Å². The minimum Gasteiger partial charge on any atom is -0.461 e. The second kappa shape index (κ2) is 4.13. The van der Waals surface area contributed by atoms with Gasteiger partial charge in [0, 0.05) is 6.20 Å². The first kappa shape index (κ1) is 10.3. The van der Waals surface area contributed by atoms with Gasteiger partial charge in [0.2, 0.25) is 0 Å². The van der Waals surface area contributed by atoms with Crippen LogP contribution in [0, 0.1) is 3.70 Å². The molecule has 15 heavy (non-hydrogen) atoms. The van der Waals surface area contributed by atoms with Gasteiger partial charge < -0.3 is 4.74 Å². The number of carbonyl (C=O) groups excluding carboxylic acids is 1. The highest BCUT2D eigenvalue weighted by Gasteiger charge is 2.17. The lowest BCUT2D eigenvalue weighted by Gasteiger charge is -1.97. The molecule has 0 aromatic carbocycles. The largest absolute Gasteiger partial charge is 0.461 e. The zero-order valence-corrected chi connectivity index (χ0v) is 10.1. The van der Waals surface area contributed by atoms with E-state index in [1.54, 1.807) is 29.9 Å². The summed E-state index contributed by atoms with van der Waals surface area (Å²) >= 11 is 2.05. The molecule has 2 aromatic heterocycles. The third kappa shape index (κ3) is 1.81. The lowest BCUT2D eigenvalue weighted by molar-refractivity contribution is 0.0519. The van der Waals surface area contributed by atoms with Gasteiger partial charge in [0.15, 0.2) is 5.69 Å². The molecule has 0 amide bonds. The summed E-state index contributed by atoms with van der Waals surface area (Å²) in [6, 6.07) is 1.74. The van der Waals surface area contributed by atoms with Gasteiger partial charge in [-0.25, -0.2) is 14.8 Å². The van der Waals surface area contributed by atoms with Crippen LogP contribution < -0.4 is 0 Å². The molecule has 0 atom stereocenters. The van der Waals surface area contributed by atoms with Gasteiger partial charge >= 0.3 is 5.97 Å². The summed E-state index contributed by atoms with van der Waals surface area (Å²) in [5.41, 5.74) is 1.03. The maximum absolute atomic E-state index is 11.5. The molecule has 5 nitrogen and oxygen atoms in total. The van der Waals surface area contributed by atoms with Gasteiger partial charge in [-0.2, -0.15) is 0 Å². The first-order chi connectivity index (χ1) is 7.24. The van der Waals surface area contributed by atoms with E-state index in [1.165, 1.54) is 0 Å². The number of esters is 1. The number of carbonyl (C=O) groups is 1. The van der Waals surface area contributed by atoms with Crippen LogP contribution in [0.4, 0.5) is 0 Å². The van der Waals surface area contributed by atoms with Gasteiger partial charge in [0.1, 0.15) is 15.7 Å². The zero-order chi connectivity index (χ0) is 10.8. The van der Waals surface area contributed by atoms with E-state index in [-0.39, 0.29) is 0 Å². The van der Waals surface area contributed by atoms with Crippen LogP contribution in [0.25, 0.3) is 5.65 Å². The van der Waals surface area contributed by atoms with Crippen molar-refractivity contribution in [2.24, 2.45) is 0 Å². The molecule has 0 unspecified atom stereocenters. The van der Waals surface area contributed by atoms with Gasteiger partial charge in [0.25, 0.3) is 0 Å². The number of hydrogen-bond donors (Lipinski definition) is 0. The predicted octanol–water partition coefficient (Wildman–Crippen LogP) is 1.51. The number of nitrogens with zero attached hydrogens (tertiary/aromatic N) is 3. The Labute approximate surface area is 99.6 Å². The number of halogens is 1. The summed E-state index contributed by atoms with van der Waals surface area (Å²) in [5, 5.41) is 0. The summed E-state index contributed by atoms with van der Waals surface area (Å²) < 4.78 is 7.36. The number of ether oxygens (including phenoxy) is 1. The fourth-order valence-electron chi connectivity index (χ4n) is 1.20. The molecular formula is C9H8IN3O2. The number of rotatable bonds is 2. The molecule has 0 fully saturated rings. The maximum Gasteiger partial charge on any atom is 0.359 e. The topological polar surface area (TPSA) is 56.5 Å². The summed E-state index contributed by atoms with van der Waals surface area (Å²) in [7, 11) is 0. The van der Waals surface area contributed by atoms with Crippen LogP contribution in [-0.4, -0.2) is 26.9 Å². The molecule has 0 saturated heterocycles. The first-order valence-electron chi connectivity index (χ1n) is 4.38. The van der Waals surface area contributed by atoms with Crippen LogP contribution in [0.5, 0.6) is 0 Å². The average Bonchev–Trinajstić information content (AvgIpc) is 2.57. The molecule has 2 aromatic rings. The van der Waals surface area contributed by atoms with Crippen LogP contribution in [0.15, 0.2) is 18.6 Å². The van der Waals surface area contributed by atoms with Crippen LogP contribution in [0.2, 0.25) is 0 Å². The number of imidazole rings is 1. The molecule has 0 bridgehead atoms. The quantitative estimate of drug-likeness (QED) is 0.622. The standard InChI is InChI=1S/C9H8IN3O2/c1-2-15-9(14)7-8(10)13-5-11-4-3-6(13)12-7/h3-5H,2H2,1H3. The minimum absolute atomic E-state index is 0.338. The van der Waals surface area contributed by atoms with Crippen molar-refractivity contribution in [3.63, 3.8) is 0 Å². The van der Waals surface area contributed by atoms with Crippen molar-refractivity contribution in [1.82, 2.24) is 14.4 Å². The maximum atomic E-state index is 11.5. The average molecular weight is 317 g/mol. The van der Waals surface area contributed by atoms with Crippen molar-refractivity contribution in [3.8, 4) is 0 Å². The monoisotopic (exact) mass is 317 g/mol. The predicted molar refractivity (Wildman–Crippen MR) is 61.7 cm³/mol. The van der Waals surface area contributed by atoms with Crippen molar-refractivity contribution in [2.45, 2.75) is 6.92 Å². The third-order valence-electron chi connectivity index (χ3n) is 1.84. The van der Waals surface area contributed by atoms with Crippen molar-refractivity contribution in [3.05, 3.63) is 28.0 Å². The Balaban J connectivity index is 2.53. The molecule has 0 spiro atoms. The zero-order valence-electron chi connectivity index (χ0n) is 7.98. The summed E-state index contributed by atoms with van der Waals surface area (Å²) in [6.45, 7) is 2.11. The van der Waals surface area contributed by atoms with Gasteiger partial charge in [-0.1, -0.05) is 0 Å². The van der Waals surface area contributed by atoms with E-state index in [0.717, 1.165) is 0 Å². The van der Waals surface area contributed by atoms with E-state index in [9.17, 15) is 4.79 Å². The Kier molecular flexibility index (Phi) is 2.85. The second-order valence-electron chi connectivity index (χ2n) is 2.78. The van der Waals surface area contributed by atoms with Gasteiger partial charge in [-0.15, -0.1) is 0 Å². The van der Waals surface area contributed by atoms with Crippen molar-refractivity contribution in [1.29, 1.82) is 0 Å². The summed E-state index contributed by atoms with van der Waals surface area (Å²) in [6.07, 6.45) is 3.25. The molecule has 2 rings (SSSR count). The SMILES string of the molecule is CCOC(=O)c1nc2ccncn2c1I. The lowest BCUT2D eigenvalue weighted by Crippen LogP contribution is -2.06. The van der Waals surface area contributed by atoms with E-state index in [4.69, 9.17) is 4.74 Å². The molecular weight excluding hydrogens is 309 g/mol. The van der Waals surface area contributed by atoms with E-state index < -0.39 is 5.97 Å². The highest BCUT2D eigenvalue weighted by Crippen LogP contribution is 2.14. The van der Waals surface area contributed by atoms with E-state index >= 15 is 0 Å². The number of fused-ring (bicyclic) bond motifs is 1. The Morgan fingerprint density at radius 1 is 1.67 bits per heavy atom. The van der Waals surface area contributed by atoms with Crippen LogP contribution >= 0.6 is 22.6 Å². The molecule has 0 saturated carbocycles. The molecule has 0 aliphatic rings. The molecule has 0 aliphatic heterocycles. The number of aromatic nitrogens is 3. The van der Waals surface area contributed by atoms with Crippen LogP contribution in [0.3, 0.4) is 0 Å². The Bertz CT molecular complexity index is 509. The molecule has 0 aliphatic carbocycles. The normalized spacial score (nSPS) is 10.5. The first-order valence-corrected chi connectivity index (χ1v) is 5.46. The lowest BCUT2D eigenvalue weighted by atomic mass is 10.5. The fourth-order valence-corrected chi connectivity index (χ4v) is 1.91.